The Balaban J connectivity index is 3.63. The highest BCUT2D eigenvalue weighted by Crippen LogP contribution is 1.90. The first kappa shape index (κ1) is 6.16. The van der Waals surface area contributed by atoms with Crippen molar-refractivity contribution in [1.82, 2.24) is 0 Å². The smallest absolute Gasteiger partial charge is 0.0807 e. The van der Waals surface area contributed by atoms with Crippen LogP contribution in [0, 0.1) is 22.7 Å². The highest BCUT2D eigenvalue weighted by molar-refractivity contribution is 5.82. The van der Waals surface area contributed by atoms with Crippen molar-refractivity contribution in [2.45, 2.75) is 13.8 Å². The Morgan fingerprint density at radius 2 is 2.29 bits per heavy atom. The lowest BCUT2D eigenvalue weighted by atomic mass is 10.1. The summed E-state index contributed by atoms with van der Waals surface area (Å²) in [5.41, 5.74) is 0.433. The van der Waals surface area contributed by atoms with Crippen LogP contribution in [0.4, 0.5) is 0 Å². The van der Waals surface area contributed by atoms with Gasteiger partial charge in [-0.1, -0.05) is 0 Å². The van der Waals surface area contributed by atoms with E-state index in [1.54, 1.807) is 13.8 Å². The molecule has 0 aliphatic carbocycles. The van der Waals surface area contributed by atoms with E-state index in [0.29, 0.717) is 5.71 Å². The highest BCUT2D eigenvalue weighted by Gasteiger charge is 1.97. The van der Waals surface area contributed by atoms with E-state index in [2.05, 4.69) is 0 Å². The van der Waals surface area contributed by atoms with Crippen LogP contribution in [0.5, 0.6) is 0 Å². The van der Waals surface area contributed by atoms with Crippen molar-refractivity contribution < 1.29 is 0 Å². The molecule has 0 rings (SSSR count). The fraction of sp³-hybridized carbons (Fsp3) is 0.600. The van der Waals surface area contributed by atoms with Crippen LogP contribution in [0.1, 0.15) is 13.8 Å². The van der Waals surface area contributed by atoms with Crippen LogP contribution < -0.4 is 0 Å². The molecule has 2 heteroatoms. The molecule has 7 heavy (non-hydrogen) atoms. The third-order valence-corrected chi connectivity index (χ3v) is 0.843. The quantitative estimate of drug-likeness (QED) is 0.489. The van der Waals surface area contributed by atoms with Crippen LogP contribution in [-0.4, -0.2) is 5.71 Å². The van der Waals surface area contributed by atoms with E-state index in [1.165, 1.54) is 0 Å². The van der Waals surface area contributed by atoms with Gasteiger partial charge in [-0.3, -0.25) is 0 Å². The average molecular weight is 96.1 g/mol. The molecule has 0 spiro atoms. The lowest BCUT2D eigenvalue weighted by Gasteiger charge is -1.92. The monoisotopic (exact) mass is 96.1 g/mol. The molecule has 0 fully saturated rings. The Bertz CT molecular complexity index is 110. The molecule has 0 radical (unpaired) electrons. The van der Waals surface area contributed by atoms with Gasteiger partial charge in [0.25, 0.3) is 0 Å². The molecule has 2 nitrogen and oxygen atoms in total. The number of nitrogens with zero attached hydrogens (tertiary/aromatic N) is 1. The van der Waals surface area contributed by atoms with Gasteiger partial charge in [0.15, 0.2) is 0 Å². The maximum atomic E-state index is 8.11. The molecule has 38 valence electrons. The Kier molecular flexibility index (Phi) is 2.07. The summed E-state index contributed by atoms with van der Waals surface area (Å²) in [5.74, 6) is -0.208. The zero-order valence-corrected chi connectivity index (χ0v) is 4.52. The first-order valence-corrected chi connectivity index (χ1v) is 2.13. The van der Waals surface area contributed by atoms with Gasteiger partial charge in [0.05, 0.1) is 12.0 Å². The van der Waals surface area contributed by atoms with Crippen molar-refractivity contribution >= 4 is 5.71 Å². The van der Waals surface area contributed by atoms with Gasteiger partial charge in [-0.15, -0.1) is 0 Å². The number of nitriles is 1. The van der Waals surface area contributed by atoms with E-state index in [9.17, 15) is 0 Å². The molecular weight excluding hydrogens is 88.1 g/mol. The van der Waals surface area contributed by atoms with E-state index in [1.807, 2.05) is 6.07 Å². The van der Waals surface area contributed by atoms with Crippen molar-refractivity contribution in [3.8, 4) is 6.07 Å². The summed E-state index contributed by atoms with van der Waals surface area (Å²) in [4.78, 5) is 0. The molecule has 0 aromatic rings. The third-order valence-electron chi connectivity index (χ3n) is 0.843. The van der Waals surface area contributed by atoms with Crippen LogP contribution >= 0.6 is 0 Å². The minimum Gasteiger partial charge on any atom is -0.309 e. The zero-order valence-electron chi connectivity index (χ0n) is 4.52. The van der Waals surface area contributed by atoms with Crippen LogP contribution in [0.3, 0.4) is 0 Å². The van der Waals surface area contributed by atoms with E-state index >= 15 is 0 Å². The van der Waals surface area contributed by atoms with Gasteiger partial charge in [0.2, 0.25) is 0 Å². The lowest BCUT2D eigenvalue weighted by Crippen LogP contribution is -2.00. The fourth-order valence-corrected chi connectivity index (χ4v) is 0.0968. The summed E-state index contributed by atoms with van der Waals surface area (Å²) >= 11 is 0. The molecule has 0 saturated heterocycles. The fourth-order valence-electron chi connectivity index (χ4n) is 0.0968. The second-order valence-corrected chi connectivity index (χ2v) is 1.53. The minimum atomic E-state index is -0.208. The second kappa shape index (κ2) is 2.35. The standard InChI is InChI=1S/C5H8N2/c1-4(3-6)5(2)7/h4,7H,1-2H3. The first-order valence-electron chi connectivity index (χ1n) is 2.13. The normalized spacial score (nSPS) is 12.1. The Hall–Kier alpha value is -0.840. The molecule has 1 unspecified atom stereocenters. The van der Waals surface area contributed by atoms with Crippen LogP contribution in [0.25, 0.3) is 0 Å². The zero-order chi connectivity index (χ0) is 5.86. The number of rotatable bonds is 1. The number of nitrogens with one attached hydrogen (secondary N) is 1. The van der Waals surface area contributed by atoms with Gasteiger partial charge in [-0.05, 0) is 13.8 Å². The summed E-state index contributed by atoms with van der Waals surface area (Å²) in [6, 6.07) is 1.94. The lowest BCUT2D eigenvalue weighted by molar-refractivity contribution is 0.992. The third kappa shape index (κ3) is 1.94. The second-order valence-electron chi connectivity index (χ2n) is 1.53. The van der Waals surface area contributed by atoms with Gasteiger partial charge < -0.3 is 5.41 Å². The van der Waals surface area contributed by atoms with Crippen molar-refractivity contribution in [3.05, 3.63) is 0 Å². The molecule has 0 heterocycles. The van der Waals surface area contributed by atoms with E-state index in [0.717, 1.165) is 0 Å². The summed E-state index contributed by atoms with van der Waals surface area (Å²) in [6.07, 6.45) is 0. The van der Waals surface area contributed by atoms with E-state index in [4.69, 9.17) is 10.7 Å². The molecule has 0 aromatic heterocycles. The van der Waals surface area contributed by atoms with Gasteiger partial charge in [-0.25, -0.2) is 0 Å². The Labute approximate surface area is 43.3 Å². The molecule has 1 atom stereocenters. The largest absolute Gasteiger partial charge is 0.309 e. The maximum Gasteiger partial charge on any atom is 0.0807 e. The molecule has 0 amide bonds. The van der Waals surface area contributed by atoms with Gasteiger partial charge >= 0.3 is 0 Å². The summed E-state index contributed by atoms with van der Waals surface area (Å²) in [5, 5.41) is 15.0. The molecule has 0 saturated carbocycles. The summed E-state index contributed by atoms with van der Waals surface area (Å²) in [6.45, 7) is 3.34. The van der Waals surface area contributed by atoms with Crippen molar-refractivity contribution in [3.63, 3.8) is 0 Å². The van der Waals surface area contributed by atoms with Gasteiger partial charge in [0.1, 0.15) is 0 Å². The van der Waals surface area contributed by atoms with E-state index in [-0.39, 0.29) is 5.92 Å². The minimum absolute atomic E-state index is 0.208. The highest BCUT2D eigenvalue weighted by atomic mass is 14.4. The maximum absolute atomic E-state index is 8.11. The molecule has 0 aliphatic rings. The van der Waals surface area contributed by atoms with Crippen LogP contribution in [0.15, 0.2) is 0 Å². The first-order chi connectivity index (χ1) is 3.18. The van der Waals surface area contributed by atoms with Crippen molar-refractivity contribution in [2.24, 2.45) is 5.92 Å². The molecule has 0 aromatic carbocycles. The van der Waals surface area contributed by atoms with Crippen molar-refractivity contribution in [2.75, 3.05) is 0 Å². The Morgan fingerprint density at radius 3 is 2.29 bits per heavy atom. The number of hydrogen-bond donors (Lipinski definition) is 1. The van der Waals surface area contributed by atoms with E-state index < -0.39 is 0 Å². The van der Waals surface area contributed by atoms with Crippen molar-refractivity contribution in [1.29, 1.82) is 10.7 Å². The van der Waals surface area contributed by atoms with Crippen LogP contribution in [-0.2, 0) is 0 Å². The van der Waals surface area contributed by atoms with Gasteiger partial charge in [0, 0.05) is 5.71 Å². The molecule has 0 aliphatic heterocycles. The molecular formula is C5H8N2. The SMILES string of the molecule is CC(=N)C(C)C#N. The molecule has 1 N–H and O–H groups in total. The number of hydrogen-bond acceptors (Lipinski definition) is 2. The predicted octanol–water partition coefficient (Wildman–Crippen LogP) is 1.19. The molecule has 0 bridgehead atoms. The average Bonchev–Trinajstić information content (AvgIpc) is 1.65. The Morgan fingerprint density at radius 1 is 1.86 bits per heavy atom. The summed E-state index contributed by atoms with van der Waals surface area (Å²) in [7, 11) is 0. The summed E-state index contributed by atoms with van der Waals surface area (Å²) < 4.78 is 0. The predicted molar refractivity (Wildman–Crippen MR) is 28.2 cm³/mol. The van der Waals surface area contributed by atoms with Crippen LogP contribution in [0.2, 0.25) is 0 Å². The topological polar surface area (TPSA) is 47.6 Å². The van der Waals surface area contributed by atoms with Gasteiger partial charge in [-0.2, -0.15) is 5.26 Å².